The van der Waals surface area contributed by atoms with Crippen LogP contribution in [0.2, 0.25) is 0 Å². The first kappa shape index (κ1) is 8.84. The summed E-state index contributed by atoms with van der Waals surface area (Å²) in [6.07, 6.45) is 6.41. The number of carbonyl (C=O) groups is 1. The summed E-state index contributed by atoms with van der Waals surface area (Å²) in [6, 6.07) is 0. The first-order valence-corrected chi connectivity index (χ1v) is 4.03. The van der Waals surface area contributed by atoms with Crippen LogP contribution in [-0.2, 0) is 4.79 Å². The van der Waals surface area contributed by atoms with E-state index in [1.54, 1.807) is 0 Å². The monoisotopic (exact) mass is 167 g/mol. The Morgan fingerprint density at radius 3 is 2.75 bits per heavy atom. The van der Waals surface area contributed by atoms with Crippen molar-refractivity contribution < 1.29 is 9.90 Å². The Hall–Kier alpha value is -1.25. The second kappa shape index (κ2) is 3.95. The highest BCUT2D eigenvalue weighted by Crippen LogP contribution is 2.19. The summed E-state index contributed by atoms with van der Waals surface area (Å²) in [5.74, 6) is -0.759. The zero-order valence-corrected chi connectivity index (χ0v) is 6.92. The maximum absolute atomic E-state index is 10.3. The fraction of sp³-hybridized carbons (Fsp3) is 0.444. The van der Waals surface area contributed by atoms with Crippen LogP contribution in [-0.4, -0.2) is 11.1 Å². The van der Waals surface area contributed by atoms with E-state index in [0.29, 0.717) is 6.42 Å². The van der Waals surface area contributed by atoms with Gasteiger partial charge in [-0.25, -0.2) is 0 Å². The van der Waals surface area contributed by atoms with Crippen LogP contribution in [0.1, 0.15) is 25.7 Å². The summed E-state index contributed by atoms with van der Waals surface area (Å²) < 4.78 is 0. The van der Waals surface area contributed by atoms with Gasteiger partial charge in [0.1, 0.15) is 0 Å². The van der Waals surface area contributed by atoms with Gasteiger partial charge in [-0.05, 0) is 18.4 Å². The maximum Gasteiger partial charge on any atom is 0.303 e. The minimum Gasteiger partial charge on any atom is -0.481 e. The highest BCUT2D eigenvalue weighted by Gasteiger charge is 2.07. The smallest absolute Gasteiger partial charge is 0.303 e. The lowest BCUT2D eigenvalue weighted by Crippen LogP contribution is -2.06. The van der Waals surface area contributed by atoms with E-state index >= 15 is 0 Å². The van der Waals surface area contributed by atoms with Gasteiger partial charge in [0.2, 0.25) is 0 Å². The summed E-state index contributed by atoms with van der Waals surface area (Å²) in [4.78, 5) is 10.3. The van der Waals surface area contributed by atoms with Crippen molar-refractivity contribution in [3.05, 3.63) is 23.4 Å². The second-order valence-electron chi connectivity index (χ2n) is 2.90. The molecule has 12 heavy (non-hydrogen) atoms. The van der Waals surface area contributed by atoms with Gasteiger partial charge in [-0.15, -0.1) is 0 Å². The number of carboxylic acid groups (broad SMARTS) is 1. The van der Waals surface area contributed by atoms with Gasteiger partial charge >= 0.3 is 5.97 Å². The molecule has 0 spiro atoms. The second-order valence-corrected chi connectivity index (χ2v) is 2.90. The number of rotatable bonds is 3. The third kappa shape index (κ3) is 2.42. The molecule has 0 saturated carbocycles. The quantitative estimate of drug-likeness (QED) is 0.625. The molecule has 1 aliphatic carbocycles. The molecule has 0 aromatic rings. The molecule has 66 valence electrons. The molecule has 0 aliphatic heterocycles. The zero-order valence-electron chi connectivity index (χ0n) is 6.92. The molecule has 0 unspecified atom stereocenters. The first-order chi connectivity index (χ1) is 5.70. The van der Waals surface area contributed by atoms with Gasteiger partial charge in [-0.2, -0.15) is 0 Å². The molecule has 0 aromatic heterocycles. The van der Waals surface area contributed by atoms with Gasteiger partial charge in [0, 0.05) is 18.5 Å². The molecule has 0 amide bonds. The van der Waals surface area contributed by atoms with Crippen molar-refractivity contribution in [2.24, 2.45) is 5.73 Å². The predicted octanol–water partition coefficient (Wildman–Crippen LogP) is 1.41. The Morgan fingerprint density at radius 1 is 1.50 bits per heavy atom. The number of hydrogen-bond donors (Lipinski definition) is 2. The van der Waals surface area contributed by atoms with Crippen molar-refractivity contribution >= 4 is 5.97 Å². The fourth-order valence-corrected chi connectivity index (χ4v) is 1.23. The Kier molecular flexibility index (Phi) is 2.91. The molecule has 1 aliphatic rings. The zero-order chi connectivity index (χ0) is 8.97. The van der Waals surface area contributed by atoms with Gasteiger partial charge in [0.15, 0.2) is 0 Å². The van der Waals surface area contributed by atoms with Gasteiger partial charge in [-0.3, -0.25) is 4.79 Å². The van der Waals surface area contributed by atoms with Gasteiger partial charge in [-0.1, -0.05) is 12.2 Å². The minimum atomic E-state index is -0.759. The summed E-state index contributed by atoms with van der Waals surface area (Å²) >= 11 is 0. The van der Waals surface area contributed by atoms with Crippen LogP contribution in [0.25, 0.3) is 0 Å². The molecular formula is C9H13NO2. The summed E-state index contributed by atoms with van der Waals surface area (Å²) in [5, 5.41) is 8.45. The van der Waals surface area contributed by atoms with Crippen LogP contribution in [0.15, 0.2) is 23.4 Å². The van der Waals surface area contributed by atoms with Crippen LogP contribution >= 0.6 is 0 Å². The van der Waals surface area contributed by atoms with Crippen LogP contribution in [0.5, 0.6) is 0 Å². The van der Waals surface area contributed by atoms with Crippen molar-refractivity contribution in [3.63, 3.8) is 0 Å². The SMILES string of the molecule is NC1=C(CCC(=O)O)CC=CC1. The standard InChI is InChI=1S/C9H13NO2/c10-8-4-2-1-3-7(8)5-6-9(11)12/h1-2H,3-6,10H2,(H,11,12). The average Bonchev–Trinajstić information content (AvgIpc) is 2.03. The number of nitrogens with two attached hydrogens (primary N) is 1. The van der Waals surface area contributed by atoms with E-state index in [1.165, 1.54) is 0 Å². The van der Waals surface area contributed by atoms with Crippen molar-refractivity contribution in [2.45, 2.75) is 25.7 Å². The lowest BCUT2D eigenvalue weighted by molar-refractivity contribution is -0.136. The number of allylic oxidation sites excluding steroid dienone is 3. The Bertz CT molecular complexity index is 241. The van der Waals surface area contributed by atoms with Gasteiger partial charge in [0.05, 0.1) is 0 Å². The van der Waals surface area contributed by atoms with Gasteiger partial charge in [0.25, 0.3) is 0 Å². The van der Waals surface area contributed by atoms with Crippen LogP contribution in [0.3, 0.4) is 0 Å². The van der Waals surface area contributed by atoms with Crippen molar-refractivity contribution in [1.29, 1.82) is 0 Å². The number of hydrogen-bond acceptors (Lipinski definition) is 2. The lowest BCUT2D eigenvalue weighted by Gasteiger charge is -2.11. The molecule has 0 radical (unpaired) electrons. The molecule has 0 saturated heterocycles. The average molecular weight is 167 g/mol. The van der Waals surface area contributed by atoms with E-state index in [1.807, 2.05) is 12.2 Å². The minimum absolute atomic E-state index is 0.184. The largest absolute Gasteiger partial charge is 0.481 e. The maximum atomic E-state index is 10.3. The van der Waals surface area contributed by atoms with E-state index in [-0.39, 0.29) is 6.42 Å². The molecule has 0 aromatic carbocycles. The predicted molar refractivity (Wildman–Crippen MR) is 46.5 cm³/mol. The molecular weight excluding hydrogens is 154 g/mol. The normalized spacial score (nSPS) is 16.7. The first-order valence-electron chi connectivity index (χ1n) is 4.03. The third-order valence-electron chi connectivity index (χ3n) is 1.96. The topological polar surface area (TPSA) is 63.3 Å². The lowest BCUT2D eigenvalue weighted by atomic mass is 9.98. The van der Waals surface area contributed by atoms with E-state index in [2.05, 4.69) is 0 Å². The molecule has 3 nitrogen and oxygen atoms in total. The van der Waals surface area contributed by atoms with E-state index < -0.39 is 5.97 Å². The van der Waals surface area contributed by atoms with Gasteiger partial charge < -0.3 is 10.8 Å². The summed E-state index contributed by atoms with van der Waals surface area (Å²) in [5.41, 5.74) is 7.63. The number of carboxylic acids is 1. The molecule has 0 fully saturated rings. The Balaban J connectivity index is 2.45. The highest BCUT2D eigenvalue weighted by atomic mass is 16.4. The number of aliphatic carboxylic acids is 1. The fourth-order valence-electron chi connectivity index (χ4n) is 1.23. The molecule has 1 rings (SSSR count). The molecule has 3 N–H and O–H groups in total. The van der Waals surface area contributed by atoms with Crippen LogP contribution in [0, 0.1) is 0 Å². The third-order valence-corrected chi connectivity index (χ3v) is 1.96. The molecule has 0 atom stereocenters. The summed E-state index contributed by atoms with van der Waals surface area (Å²) in [7, 11) is 0. The van der Waals surface area contributed by atoms with E-state index in [4.69, 9.17) is 10.8 Å². The van der Waals surface area contributed by atoms with E-state index in [0.717, 1.165) is 24.1 Å². The van der Waals surface area contributed by atoms with Crippen LogP contribution in [0.4, 0.5) is 0 Å². The Labute approximate surface area is 71.6 Å². The van der Waals surface area contributed by atoms with Crippen molar-refractivity contribution in [2.75, 3.05) is 0 Å². The van der Waals surface area contributed by atoms with Crippen molar-refractivity contribution in [3.8, 4) is 0 Å². The highest BCUT2D eigenvalue weighted by molar-refractivity contribution is 5.67. The summed E-state index contributed by atoms with van der Waals surface area (Å²) in [6.45, 7) is 0. The Morgan fingerprint density at radius 2 is 2.17 bits per heavy atom. The van der Waals surface area contributed by atoms with Crippen LogP contribution < -0.4 is 5.73 Å². The molecule has 0 heterocycles. The molecule has 3 heteroatoms. The molecule has 0 bridgehead atoms. The van der Waals surface area contributed by atoms with E-state index in [9.17, 15) is 4.79 Å². The van der Waals surface area contributed by atoms with Crippen molar-refractivity contribution in [1.82, 2.24) is 0 Å².